The molecular weight excluding hydrogens is 340 g/mol. The molecule has 5 nitrogen and oxygen atoms in total. The average molecular weight is 355 g/mol. The van der Waals surface area contributed by atoms with Gasteiger partial charge < -0.3 is 4.74 Å². The molecule has 3 rings (SSSR count). The Morgan fingerprint density at radius 3 is 2.62 bits per heavy atom. The number of methoxy groups -OCH3 is 1. The highest BCUT2D eigenvalue weighted by Gasteiger charge is 2.26. The molecule has 0 amide bonds. The lowest BCUT2D eigenvalue weighted by Crippen LogP contribution is -2.07. The number of pyridine rings is 2. The molecule has 0 fully saturated rings. The second kappa shape index (κ2) is 7.35. The van der Waals surface area contributed by atoms with E-state index in [9.17, 15) is 9.30 Å². The summed E-state index contributed by atoms with van der Waals surface area (Å²) >= 11 is 0. The third kappa shape index (κ3) is 3.15. The van der Waals surface area contributed by atoms with E-state index in [-0.39, 0.29) is 22.6 Å². The van der Waals surface area contributed by atoms with Crippen molar-refractivity contribution in [3.05, 3.63) is 82.3 Å². The highest BCUT2D eigenvalue weighted by Crippen LogP contribution is 2.36. The summed E-state index contributed by atoms with van der Waals surface area (Å²) in [7, 11) is 1.37. The van der Waals surface area contributed by atoms with E-state index in [0.717, 1.165) is 11.6 Å². The lowest BCUT2D eigenvalue weighted by molar-refractivity contribution is 0.405. The molecule has 0 radical (unpaired) electrons. The highest BCUT2D eigenvalue weighted by molar-refractivity contribution is 5.67. The van der Waals surface area contributed by atoms with Crippen LogP contribution in [0.25, 0.3) is 11.1 Å². The van der Waals surface area contributed by atoms with Crippen LogP contribution in [0.4, 0.5) is 8.78 Å². The van der Waals surface area contributed by atoms with Gasteiger partial charge in [-0.25, -0.2) is 8.78 Å². The van der Waals surface area contributed by atoms with Crippen LogP contribution in [0, 0.1) is 23.5 Å². The van der Waals surface area contributed by atoms with Gasteiger partial charge in [0, 0.05) is 35.3 Å². The number of hydrogen-bond donors (Lipinski definition) is 0. The molecule has 0 aliphatic carbocycles. The number of nitroso groups, excluding NO2 is 1. The predicted molar refractivity (Wildman–Crippen MR) is 92.8 cm³/mol. The Morgan fingerprint density at radius 2 is 1.92 bits per heavy atom. The van der Waals surface area contributed by atoms with Gasteiger partial charge in [-0.05, 0) is 42.8 Å². The number of benzene rings is 1. The van der Waals surface area contributed by atoms with E-state index < -0.39 is 17.7 Å². The zero-order chi connectivity index (χ0) is 18.7. The highest BCUT2D eigenvalue weighted by atomic mass is 19.1. The molecule has 0 aliphatic heterocycles. The first kappa shape index (κ1) is 17.6. The van der Waals surface area contributed by atoms with E-state index in [1.165, 1.54) is 37.7 Å². The minimum absolute atomic E-state index is 0.106. The molecular formula is C19H15F2N3O2. The number of ether oxygens (including phenoxy) is 1. The van der Waals surface area contributed by atoms with E-state index in [4.69, 9.17) is 4.74 Å². The van der Waals surface area contributed by atoms with Crippen molar-refractivity contribution in [2.45, 2.75) is 13.0 Å². The summed E-state index contributed by atoms with van der Waals surface area (Å²) in [5, 5.41) is 2.98. The van der Waals surface area contributed by atoms with Crippen molar-refractivity contribution in [2.75, 3.05) is 7.11 Å². The van der Waals surface area contributed by atoms with E-state index in [0.29, 0.717) is 5.56 Å². The van der Waals surface area contributed by atoms with Crippen LogP contribution >= 0.6 is 0 Å². The largest absolute Gasteiger partial charge is 0.496 e. The topological polar surface area (TPSA) is 64.4 Å². The molecule has 2 aromatic heterocycles. The number of hydrogen-bond acceptors (Lipinski definition) is 5. The van der Waals surface area contributed by atoms with Crippen molar-refractivity contribution in [3.63, 3.8) is 0 Å². The number of rotatable bonds is 5. The molecule has 1 unspecified atom stereocenters. The zero-order valence-electron chi connectivity index (χ0n) is 14.1. The molecule has 7 heteroatoms. The SMILES string of the molecule is COc1ccc(F)cc1C(N=O)c1nccc(-c2cnccc2C)c1F. The van der Waals surface area contributed by atoms with E-state index >= 15 is 4.39 Å². The Labute approximate surface area is 148 Å². The second-order valence-electron chi connectivity index (χ2n) is 5.64. The number of aryl methyl sites for hydroxylation is 1. The van der Waals surface area contributed by atoms with Crippen LogP contribution < -0.4 is 4.74 Å². The number of nitrogens with zero attached hydrogens (tertiary/aromatic N) is 3. The van der Waals surface area contributed by atoms with Crippen LogP contribution in [0.1, 0.15) is 22.9 Å². The fourth-order valence-electron chi connectivity index (χ4n) is 2.78. The van der Waals surface area contributed by atoms with Gasteiger partial charge in [0.15, 0.2) is 11.9 Å². The van der Waals surface area contributed by atoms with Gasteiger partial charge in [0.05, 0.1) is 7.11 Å². The van der Waals surface area contributed by atoms with Gasteiger partial charge in [0.1, 0.15) is 17.3 Å². The maximum absolute atomic E-state index is 15.2. The molecule has 2 heterocycles. The summed E-state index contributed by atoms with van der Waals surface area (Å²) in [4.78, 5) is 19.5. The van der Waals surface area contributed by atoms with Gasteiger partial charge in [-0.15, -0.1) is 4.91 Å². The molecule has 132 valence electrons. The van der Waals surface area contributed by atoms with Gasteiger partial charge in [-0.3, -0.25) is 9.97 Å². The molecule has 0 bridgehead atoms. The molecule has 1 aromatic carbocycles. The first-order chi connectivity index (χ1) is 12.6. The maximum atomic E-state index is 15.2. The zero-order valence-corrected chi connectivity index (χ0v) is 14.1. The summed E-state index contributed by atoms with van der Waals surface area (Å²) in [5.74, 6) is -1.08. The van der Waals surface area contributed by atoms with Crippen LogP contribution in [-0.2, 0) is 0 Å². The first-order valence-corrected chi connectivity index (χ1v) is 7.78. The summed E-state index contributed by atoms with van der Waals surface area (Å²) in [6.45, 7) is 1.82. The first-order valence-electron chi connectivity index (χ1n) is 7.78. The minimum atomic E-state index is -1.35. The van der Waals surface area contributed by atoms with Crippen molar-refractivity contribution in [1.82, 2.24) is 9.97 Å². The normalized spacial score (nSPS) is 11.8. The third-order valence-corrected chi connectivity index (χ3v) is 4.10. The monoisotopic (exact) mass is 355 g/mol. The van der Waals surface area contributed by atoms with E-state index in [2.05, 4.69) is 15.1 Å². The van der Waals surface area contributed by atoms with Crippen molar-refractivity contribution in [1.29, 1.82) is 0 Å². The Bertz CT molecular complexity index is 963. The summed E-state index contributed by atoms with van der Waals surface area (Å²) < 4.78 is 34.0. The Morgan fingerprint density at radius 1 is 1.12 bits per heavy atom. The molecule has 3 aromatic rings. The lowest BCUT2D eigenvalue weighted by atomic mass is 9.97. The smallest absolute Gasteiger partial charge is 0.165 e. The standard InChI is InChI=1S/C19H15F2N3O2/c1-11-5-7-22-10-15(11)13-6-8-23-19(17(13)21)18(24-25)14-9-12(20)3-4-16(14)26-2/h3-10,18H,1-2H3. The van der Waals surface area contributed by atoms with Crippen LogP contribution in [0.5, 0.6) is 5.75 Å². The molecule has 0 N–H and O–H groups in total. The van der Waals surface area contributed by atoms with Crippen LogP contribution in [-0.4, -0.2) is 17.1 Å². The summed E-state index contributed by atoms with van der Waals surface area (Å²) in [6.07, 6.45) is 4.51. The van der Waals surface area contributed by atoms with Gasteiger partial charge in [-0.1, -0.05) is 5.18 Å². The predicted octanol–water partition coefficient (Wildman–Crippen LogP) is 4.59. The Kier molecular flexibility index (Phi) is 4.97. The molecule has 1 atom stereocenters. The third-order valence-electron chi connectivity index (χ3n) is 4.10. The molecule has 0 spiro atoms. The molecule has 26 heavy (non-hydrogen) atoms. The van der Waals surface area contributed by atoms with Gasteiger partial charge >= 0.3 is 0 Å². The lowest BCUT2D eigenvalue weighted by Gasteiger charge is -2.16. The average Bonchev–Trinajstić information content (AvgIpc) is 2.65. The fraction of sp³-hybridized carbons (Fsp3) is 0.158. The Hall–Kier alpha value is -3.22. The van der Waals surface area contributed by atoms with Crippen molar-refractivity contribution in [3.8, 4) is 16.9 Å². The second-order valence-corrected chi connectivity index (χ2v) is 5.64. The summed E-state index contributed by atoms with van der Waals surface area (Å²) in [5.41, 5.74) is 1.53. The molecule has 0 saturated heterocycles. The van der Waals surface area contributed by atoms with Crippen LogP contribution in [0.2, 0.25) is 0 Å². The minimum Gasteiger partial charge on any atom is -0.496 e. The van der Waals surface area contributed by atoms with Crippen molar-refractivity contribution in [2.24, 2.45) is 5.18 Å². The van der Waals surface area contributed by atoms with Gasteiger partial charge in [0.25, 0.3) is 0 Å². The van der Waals surface area contributed by atoms with Crippen molar-refractivity contribution < 1.29 is 13.5 Å². The van der Waals surface area contributed by atoms with Crippen molar-refractivity contribution >= 4 is 0 Å². The number of halogens is 2. The van der Waals surface area contributed by atoms with E-state index in [1.807, 2.05) is 6.92 Å². The van der Waals surface area contributed by atoms with Crippen LogP contribution in [0.3, 0.4) is 0 Å². The maximum Gasteiger partial charge on any atom is 0.165 e. The quantitative estimate of drug-likeness (QED) is 0.628. The fourth-order valence-corrected chi connectivity index (χ4v) is 2.78. The molecule has 0 saturated carbocycles. The number of aromatic nitrogens is 2. The molecule has 0 aliphatic rings. The van der Waals surface area contributed by atoms with E-state index in [1.54, 1.807) is 12.3 Å². The van der Waals surface area contributed by atoms with Gasteiger partial charge in [-0.2, -0.15) is 0 Å². The summed E-state index contributed by atoms with van der Waals surface area (Å²) in [6, 6.07) is 5.53. The van der Waals surface area contributed by atoms with Crippen LogP contribution in [0.15, 0.2) is 54.1 Å². The Balaban J connectivity index is 2.17. The van der Waals surface area contributed by atoms with Gasteiger partial charge in [0.2, 0.25) is 0 Å².